The van der Waals surface area contributed by atoms with Crippen LogP contribution in [0.3, 0.4) is 0 Å². The van der Waals surface area contributed by atoms with Gasteiger partial charge in [0.25, 0.3) is 5.91 Å². The molecule has 0 saturated heterocycles. The number of nitrogens with one attached hydrogen (secondary N) is 3. The van der Waals surface area contributed by atoms with E-state index in [0.29, 0.717) is 24.1 Å². The SMILES string of the molecule is COC(=O)CCCCCCCNC(=O)c1c[nH]c2ccc(C(=N)N)cc12. The summed E-state index contributed by atoms with van der Waals surface area (Å²) in [6.07, 6.45) is 6.90. The summed E-state index contributed by atoms with van der Waals surface area (Å²) in [5, 5.41) is 11.2. The molecular weight excluding hydrogens is 332 g/mol. The monoisotopic (exact) mass is 358 g/mol. The number of hydrogen-bond acceptors (Lipinski definition) is 4. The number of nitrogen functional groups attached to an aromatic ring is 1. The van der Waals surface area contributed by atoms with Gasteiger partial charge < -0.3 is 20.8 Å². The number of methoxy groups -OCH3 is 1. The lowest BCUT2D eigenvalue weighted by Gasteiger charge is -2.05. The summed E-state index contributed by atoms with van der Waals surface area (Å²) < 4.78 is 4.60. The number of carbonyl (C=O) groups excluding carboxylic acids is 2. The minimum absolute atomic E-state index is 0.0216. The molecule has 0 aliphatic heterocycles. The summed E-state index contributed by atoms with van der Waals surface area (Å²) in [5.41, 5.74) is 7.51. The number of amidine groups is 1. The van der Waals surface area contributed by atoms with Crippen molar-refractivity contribution in [2.75, 3.05) is 13.7 Å². The molecule has 0 aliphatic carbocycles. The molecule has 26 heavy (non-hydrogen) atoms. The summed E-state index contributed by atoms with van der Waals surface area (Å²) >= 11 is 0. The first-order valence-electron chi connectivity index (χ1n) is 8.83. The largest absolute Gasteiger partial charge is 0.469 e. The Morgan fingerprint density at radius 1 is 1.19 bits per heavy atom. The van der Waals surface area contributed by atoms with Gasteiger partial charge in [-0.15, -0.1) is 0 Å². The molecule has 0 radical (unpaired) electrons. The van der Waals surface area contributed by atoms with Crippen molar-refractivity contribution in [2.24, 2.45) is 5.73 Å². The minimum atomic E-state index is -0.163. The molecule has 7 heteroatoms. The Kier molecular flexibility index (Phi) is 7.20. The van der Waals surface area contributed by atoms with E-state index in [-0.39, 0.29) is 17.7 Å². The predicted molar refractivity (Wildman–Crippen MR) is 101 cm³/mol. The zero-order valence-electron chi connectivity index (χ0n) is 15.1. The average Bonchev–Trinajstić information content (AvgIpc) is 3.06. The Balaban J connectivity index is 1.75. The van der Waals surface area contributed by atoms with Gasteiger partial charge in [0.15, 0.2) is 0 Å². The summed E-state index contributed by atoms with van der Waals surface area (Å²) in [5.74, 6) is -0.321. The summed E-state index contributed by atoms with van der Waals surface area (Å²) in [4.78, 5) is 26.4. The number of amides is 1. The van der Waals surface area contributed by atoms with Crippen LogP contribution < -0.4 is 11.1 Å². The smallest absolute Gasteiger partial charge is 0.305 e. The van der Waals surface area contributed by atoms with E-state index in [1.165, 1.54) is 7.11 Å². The fourth-order valence-corrected chi connectivity index (χ4v) is 2.80. The second-order valence-electron chi connectivity index (χ2n) is 6.23. The molecule has 1 aromatic carbocycles. The maximum absolute atomic E-state index is 12.4. The van der Waals surface area contributed by atoms with Crippen LogP contribution in [0.1, 0.15) is 54.4 Å². The third-order valence-electron chi connectivity index (χ3n) is 4.31. The maximum Gasteiger partial charge on any atom is 0.305 e. The maximum atomic E-state index is 12.4. The van der Waals surface area contributed by atoms with Gasteiger partial charge in [0.2, 0.25) is 0 Å². The molecule has 1 amide bonds. The van der Waals surface area contributed by atoms with Crippen molar-refractivity contribution in [3.63, 3.8) is 0 Å². The number of aromatic amines is 1. The van der Waals surface area contributed by atoms with Crippen LogP contribution in [0.2, 0.25) is 0 Å². The second kappa shape index (κ2) is 9.60. The van der Waals surface area contributed by atoms with Crippen LogP contribution in [-0.2, 0) is 9.53 Å². The van der Waals surface area contributed by atoms with E-state index < -0.39 is 0 Å². The fourth-order valence-electron chi connectivity index (χ4n) is 2.80. The molecule has 0 bridgehead atoms. The van der Waals surface area contributed by atoms with Gasteiger partial charge in [0.1, 0.15) is 5.84 Å². The Hall–Kier alpha value is -2.83. The zero-order chi connectivity index (χ0) is 18.9. The molecule has 1 heterocycles. The number of benzene rings is 1. The first-order valence-corrected chi connectivity index (χ1v) is 8.83. The number of rotatable bonds is 10. The molecule has 2 aromatic rings. The van der Waals surface area contributed by atoms with Crippen molar-refractivity contribution in [3.8, 4) is 0 Å². The number of ether oxygens (including phenoxy) is 1. The molecule has 7 nitrogen and oxygen atoms in total. The minimum Gasteiger partial charge on any atom is -0.469 e. The topological polar surface area (TPSA) is 121 Å². The van der Waals surface area contributed by atoms with E-state index in [1.807, 2.05) is 6.07 Å². The number of aromatic nitrogens is 1. The molecule has 0 unspecified atom stereocenters. The molecular formula is C19H26N4O3. The lowest BCUT2D eigenvalue weighted by molar-refractivity contribution is -0.140. The molecule has 5 N–H and O–H groups in total. The van der Waals surface area contributed by atoms with E-state index in [2.05, 4.69) is 15.0 Å². The molecule has 0 spiro atoms. The van der Waals surface area contributed by atoms with Gasteiger partial charge in [0, 0.05) is 35.6 Å². The standard InChI is InChI=1S/C19H26N4O3/c1-26-17(24)7-5-3-2-4-6-10-22-19(25)15-12-23-16-9-8-13(18(20)21)11-14(15)16/h8-9,11-12,23H,2-7,10H2,1H3,(H3,20,21)(H,22,25). The quantitative estimate of drug-likeness (QED) is 0.226. The van der Waals surface area contributed by atoms with Gasteiger partial charge >= 0.3 is 5.97 Å². The summed E-state index contributed by atoms with van der Waals surface area (Å²) in [6, 6.07) is 5.32. The van der Waals surface area contributed by atoms with E-state index in [9.17, 15) is 9.59 Å². The highest BCUT2D eigenvalue weighted by atomic mass is 16.5. The number of nitrogens with two attached hydrogens (primary N) is 1. The first kappa shape index (κ1) is 19.5. The van der Waals surface area contributed by atoms with E-state index in [1.54, 1.807) is 18.3 Å². The number of unbranched alkanes of at least 4 members (excludes halogenated alkanes) is 4. The van der Waals surface area contributed by atoms with E-state index >= 15 is 0 Å². The van der Waals surface area contributed by atoms with Gasteiger partial charge in [-0.05, 0) is 31.0 Å². The van der Waals surface area contributed by atoms with Gasteiger partial charge in [-0.1, -0.05) is 19.3 Å². The second-order valence-corrected chi connectivity index (χ2v) is 6.23. The number of H-pyrrole nitrogens is 1. The summed E-state index contributed by atoms with van der Waals surface area (Å²) in [6.45, 7) is 0.606. The van der Waals surface area contributed by atoms with Crippen LogP contribution in [0.4, 0.5) is 0 Å². The van der Waals surface area contributed by atoms with Crippen LogP contribution in [0.5, 0.6) is 0 Å². The molecule has 0 aliphatic rings. The molecule has 0 saturated carbocycles. The van der Waals surface area contributed by atoms with E-state index in [0.717, 1.165) is 43.0 Å². The van der Waals surface area contributed by atoms with Crippen molar-refractivity contribution in [2.45, 2.75) is 38.5 Å². The number of esters is 1. The Morgan fingerprint density at radius 2 is 1.92 bits per heavy atom. The average molecular weight is 358 g/mol. The molecule has 2 rings (SSSR count). The predicted octanol–water partition coefficient (Wildman–Crippen LogP) is 2.70. The fraction of sp³-hybridized carbons (Fsp3) is 0.421. The van der Waals surface area contributed by atoms with Crippen molar-refractivity contribution in [1.29, 1.82) is 5.41 Å². The van der Waals surface area contributed by atoms with Crippen molar-refractivity contribution in [1.82, 2.24) is 10.3 Å². The third kappa shape index (κ3) is 5.34. The van der Waals surface area contributed by atoms with Crippen LogP contribution in [-0.4, -0.2) is 36.4 Å². The zero-order valence-corrected chi connectivity index (χ0v) is 15.1. The normalized spacial score (nSPS) is 10.7. The van der Waals surface area contributed by atoms with Crippen molar-refractivity contribution >= 4 is 28.6 Å². The van der Waals surface area contributed by atoms with Gasteiger partial charge in [-0.2, -0.15) is 0 Å². The van der Waals surface area contributed by atoms with Gasteiger partial charge in [0.05, 0.1) is 12.7 Å². The Bertz CT molecular complexity index is 782. The highest BCUT2D eigenvalue weighted by Crippen LogP contribution is 2.20. The lowest BCUT2D eigenvalue weighted by Crippen LogP contribution is -2.24. The number of fused-ring (bicyclic) bond motifs is 1. The third-order valence-corrected chi connectivity index (χ3v) is 4.31. The molecule has 140 valence electrons. The Labute approximate surface area is 152 Å². The van der Waals surface area contributed by atoms with Gasteiger partial charge in [-0.25, -0.2) is 0 Å². The summed E-state index contributed by atoms with van der Waals surface area (Å²) in [7, 11) is 1.40. The Morgan fingerprint density at radius 3 is 2.65 bits per heavy atom. The van der Waals surface area contributed by atoms with Crippen LogP contribution in [0, 0.1) is 5.41 Å². The van der Waals surface area contributed by atoms with Crippen LogP contribution >= 0.6 is 0 Å². The molecule has 0 fully saturated rings. The number of carbonyl (C=O) groups is 2. The highest BCUT2D eigenvalue weighted by Gasteiger charge is 2.12. The van der Waals surface area contributed by atoms with Crippen LogP contribution in [0.25, 0.3) is 10.9 Å². The number of hydrogen-bond donors (Lipinski definition) is 4. The molecule has 0 atom stereocenters. The first-order chi connectivity index (χ1) is 12.5. The van der Waals surface area contributed by atoms with E-state index in [4.69, 9.17) is 11.1 Å². The molecule has 1 aromatic heterocycles. The van der Waals surface area contributed by atoms with Crippen molar-refractivity contribution in [3.05, 3.63) is 35.5 Å². The van der Waals surface area contributed by atoms with Crippen LogP contribution in [0.15, 0.2) is 24.4 Å². The van der Waals surface area contributed by atoms with Gasteiger partial charge in [-0.3, -0.25) is 15.0 Å². The highest BCUT2D eigenvalue weighted by molar-refractivity contribution is 6.08. The lowest BCUT2D eigenvalue weighted by atomic mass is 10.1. The van der Waals surface area contributed by atoms with Crippen molar-refractivity contribution < 1.29 is 14.3 Å².